The smallest absolute Gasteiger partial charge is 0.310 e. The maximum atomic E-state index is 12.6. The van der Waals surface area contributed by atoms with Gasteiger partial charge >= 0.3 is 5.97 Å². The fourth-order valence-corrected chi connectivity index (χ4v) is 6.20. The quantitative estimate of drug-likeness (QED) is 0.735. The number of sulfonamides is 1. The Hall–Kier alpha value is -0.440. The Kier molecular flexibility index (Phi) is 5.45. The molecule has 0 radical (unpaired) electrons. The average Bonchev–Trinajstić information content (AvgIpc) is 2.80. The molecule has 2 heterocycles. The molecular weight excluding hydrogens is 378 g/mol. The summed E-state index contributed by atoms with van der Waals surface area (Å²) in [4.78, 5) is 11.8. The van der Waals surface area contributed by atoms with E-state index in [4.69, 9.17) is 4.74 Å². The first-order valence-electron chi connectivity index (χ1n) is 6.79. The van der Waals surface area contributed by atoms with Gasteiger partial charge in [-0.05, 0) is 54.2 Å². The molecule has 0 N–H and O–H groups in total. The highest BCUT2D eigenvalue weighted by molar-refractivity contribution is 9.11. The summed E-state index contributed by atoms with van der Waals surface area (Å²) in [5, 5.41) is 0. The van der Waals surface area contributed by atoms with Crippen LogP contribution in [0.2, 0.25) is 0 Å². The summed E-state index contributed by atoms with van der Waals surface area (Å²) in [7, 11) is -3.53. The van der Waals surface area contributed by atoms with Crippen molar-refractivity contribution in [3.63, 3.8) is 0 Å². The number of nitrogens with zero attached hydrogens (tertiary/aromatic N) is 1. The number of carbonyl (C=O) groups excluding carboxylic acids is 1. The van der Waals surface area contributed by atoms with Crippen LogP contribution in [0.1, 0.15) is 25.3 Å². The second-order valence-corrected chi connectivity index (χ2v) is 9.51. The summed E-state index contributed by atoms with van der Waals surface area (Å²) in [6.45, 7) is 4.58. The molecule has 0 aromatic carbocycles. The number of esters is 1. The van der Waals surface area contributed by atoms with Crippen molar-refractivity contribution in [3.05, 3.63) is 15.4 Å². The third-order valence-electron chi connectivity index (χ3n) is 3.43. The molecule has 0 spiro atoms. The van der Waals surface area contributed by atoms with Crippen molar-refractivity contribution in [3.8, 4) is 0 Å². The molecule has 0 unspecified atom stereocenters. The lowest BCUT2D eigenvalue weighted by molar-refractivity contribution is -0.149. The predicted octanol–water partition coefficient (Wildman–Crippen LogP) is 2.78. The minimum atomic E-state index is -3.53. The lowest BCUT2D eigenvalue weighted by atomic mass is 10.0. The second-order valence-electron chi connectivity index (χ2n) is 4.98. The zero-order chi connectivity index (χ0) is 15.6. The molecule has 0 aliphatic carbocycles. The van der Waals surface area contributed by atoms with E-state index in [0.717, 1.165) is 9.35 Å². The molecular formula is C13H18BrNO4S2. The zero-order valence-corrected chi connectivity index (χ0v) is 15.2. The highest BCUT2D eigenvalue weighted by atomic mass is 79.9. The van der Waals surface area contributed by atoms with E-state index < -0.39 is 10.0 Å². The number of piperidine rings is 1. The van der Waals surface area contributed by atoms with E-state index in [-0.39, 0.29) is 18.4 Å². The number of carbonyl (C=O) groups is 1. The largest absolute Gasteiger partial charge is 0.466 e. The molecule has 1 saturated heterocycles. The maximum Gasteiger partial charge on any atom is 0.310 e. The number of ether oxygens (including phenoxy) is 1. The van der Waals surface area contributed by atoms with Gasteiger partial charge in [-0.15, -0.1) is 11.3 Å². The van der Waals surface area contributed by atoms with Crippen molar-refractivity contribution in [2.45, 2.75) is 30.9 Å². The molecule has 21 heavy (non-hydrogen) atoms. The van der Waals surface area contributed by atoms with Crippen LogP contribution in [-0.2, 0) is 19.6 Å². The van der Waals surface area contributed by atoms with E-state index in [9.17, 15) is 13.2 Å². The van der Waals surface area contributed by atoms with Crippen molar-refractivity contribution in [1.29, 1.82) is 0 Å². The molecule has 1 atom stereocenters. The molecule has 1 aliphatic heterocycles. The SMILES string of the molecule is CCOC(=O)[C@@H]1CCCN(S(=O)(=O)c2cc(C)c(Br)s2)C1. The van der Waals surface area contributed by atoms with Gasteiger partial charge in [0.15, 0.2) is 0 Å². The molecule has 0 saturated carbocycles. The minimum absolute atomic E-state index is 0.204. The van der Waals surface area contributed by atoms with Crippen LogP contribution >= 0.6 is 27.3 Å². The van der Waals surface area contributed by atoms with Crippen molar-refractivity contribution in [2.24, 2.45) is 5.92 Å². The van der Waals surface area contributed by atoms with E-state index >= 15 is 0 Å². The van der Waals surface area contributed by atoms with Crippen LogP contribution in [0, 0.1) is 12.8 Å². The monoisotopic (exact) mass is 395 g/mol. The minimum Gasteiger partial charge on any atom is -0.466 e. The first-order chi connectivity index (χ1) is 9.86. The van der Waals surface area contributed by atoms with Gasteiger partial charge in [0.2, 0.25) is 0 Å². The number of hydrogen-bond donors (Lipinski definition) is 0. The summed E-state index contributed by atoms with van der Waals surface area (Å²) >= 11 is 4.56. The van der Waals surface area contributed by atoms with Crippen LogP contribution in [0.15, 0.2) is 14.1 Å². The fraction of sp³-hybridized carbons (Fsp3) is 0.615. The van der Waals surface area contributed by atoms with Crippen LogP contribution in [0.4, 0.5) is 0 Å². The lowest BCUT2D eigenvalue weighted by Gasteiger charge is -2.30. The van der Waals surface area contributed by atoms with Gasteiger partial charge in [-0.3, -0.25) is 4.79 Å². The molecule has 5 nitrogen and oxygen atoms in total. The van der Waals surface area contributed by atoms with E-state index in [2.05, 4.69) is 15.9 Å². The van der Waals surface area contributed by atoms with Gasteiger partial charge in [-0.1, -0.05) is 0 Å². The summed E-state index contributed by atoms with van der Waals surface area (Å²) in [6.07, 6.45) is 1.35. The van der Waals surface area contributed by atoms with Gasteiger partial charge in [-0.2, -0.15) is 4.31 Å². The number of thiophene rings is 1. The van der Waals surface area contributed by atoms with Crippen molar-refractivity contribution < 1.29 is 17.9 Å². The topological polar surface area (TPSA) is 63.7 Å². The zero-order valence-electron chi connectivity index (χ0n) is 12.0. The summed E-state index contributed by atoms with van der Waals surface area (Å²) < 4.78 is 32.8. The first kappa shape index (κ1) is 16.9. The highest BCUT2D eigenvalue weighted by Crippen LogP contribution is 2.33. The predicted molar refractivity (Wildman–Crippen MR) is 84.9 cm³/mol. The van der Waals surface area contributed by atoms with Crippen LogP contribution < -0.4 is 0 Å². The van der Waals surface area contributed by atoms with E-state index in [0.29, 0.717) is 30.2 Å². The third kappa shape index (κ3) is 3.67. The van der Waals surface area contributed by atoms with Gasteiger partial charge in [0.1, 0.15) is 4.21 Å². The second kappa shape index (κ2) is 6.76. The average molecular weight is 396 g/mol. The normalized spacial score (nSPS) is 20.4. The Morgan fingerprint density at radius 3 is 2.86 bits per heavy atom. The van der Waals surface area contributed by atoms with Gasteiger partial charge in [0.05, 0.1) is 16.3 Å². The molecule has 2 rings (SSSR count). The standard InChI is InChI=1S/C13H18BrNO4S2/c1-3-19-13(16)10-5-4-6-15(8-10)21(17,18)11-7-9(2)12(14)20-11/h7,10H,3-6,8H2,1-2H3/t10-/m1/s1. The lowest BCUT2D eigenvalue weighted by Crippen LogP contribution is -2.42. The molecule has 1 fully saturated rings. The Balaban J connectivity index is 2.18. The molecule has 118 valence electrons. The van der Waals surface area contributed by atoms with Crippen LogP contribution in [0.3, 0.4) is 0 Å². The Bertz CT molecular complexity index is 607. The van der Waals surface area contributed by atoms with Crippen molar-refractivity contribution >= 4 is 43.3 Å². The highest BCUT2D eigenvalue weighted by Gasteiger charge is 2.34. The summed E-state index contributed by atoms with van der Waals surface area (Å²) in [5.41, 5.74) is 0.900. The van der Waals surface area contributed by atoms with Gasteiger partial charge in [0.25, 0.3) is 10.0 Å². The number of rotatable bonds is 4. The van der Waals surface area contributed by atoms with Crippen LogP contribution in [0.5, 0.6) is 0 Å². The van der Waals surface area contributed by atoms with E-state index in [1.54, 1.807) is 13.0 Å². The van der Waals surface area contributed by atoms with Gasteiger partial charge < -0.3 is 4.74 Å². The molecule has 1 aromatic heterocycles. The van der Waals surface area contributed by atoms with Crippen molar-refractivity contribution in [2.75, 3.05) is 19.7 Å². The molecule has 1 aliphatic rings. The summed E-state index contributed by atoms with van der Waals surface area (Å²) in [5.74, 6) is -0.668. The molecule has 0 bridgehead atoms. The molecule has 0 amide bonds. The number of aryl methyl sites for hydroxylation is 1. The molecule has 1 aromatic rings. The van der Waals surface area contributed by atoms with Gasteiger partial charge in [0, 0.05) is 13.1 Å². The van der Waals surface area contributed by atoms with Crippen molar-refractivity contribution in [1.82, 2.24) is 4.31 Å². The van der Waals surface area contributed by atoms with Crippen LogP contribution in [0.25, 0.3) is 0 Å². The van der Waals surface area contributed by atoms with Crippen LogP contribution in [-0.4, -0.2) is 38.4 Å². The third-order valence-corrected chi connectivity index (χ3v) is 7.88. The van der Waals surface area contributed by atoms with E-state index in [1.807, 2.05) is 6.92 Å². The van der Waals surface area contributed by atoms with E-state index in [1.165, 1.54) is 15.6 Å². The fourth-order valence-electron chi connectivity index (χ4n) is 2.30. The number of hydrogen-bond acceptors (Lipinski definition) is 5. The Labute approximate surface area is 137 Å². The maximum absolute atomic E-state index is 12.6. The molecule has 8 heteroatoms. The first-order valence-corrected chi connectivity index (χ1v) is 9.84. The number of halogens is 1. The Morgan fingerprint density at radius 2 is 2.29 bits per heavy atom. The Morgan fingerprint density at radius 1 is 1.57 bits per heavy atom. The van der Waals surface area contributed by atoms with Gasteiger partial charge in [-0.25, -0.2) is 8.42 Å². The summed E-state index contributed by atoms with van der Waals surface area (Å²) in [6, 6.07) is 1.66.